The summed E-state index contributed by atoms with van der Waals surface area (Å²) < 4.78 is 5.39. The van der Waals surface area contributed by atoms with E-state index < -0.39 is 0 Å². The molecule has 1 atom stereocenters. The van der Waals surface area contributed by atoms with Gasteiger partial charge in [-0.15, -0.1) is 10.2 Å². The van der Waals surface area contributed by atoms with E-state index in [0.717, 1.165) is 42.5 Å². The van der Waals surface area contributed by atoms with Crippen LogP contribution in [-0.4, -0.2) is 23.4 Å². The van der Waals surface area contributed by atoms with Gasteiger partial charge in [-0.2, -0.15) is 0 Å². The summed E-state index contributed by atoms with van der Waals surface area (Å²) in [6.45, 7) is 5.70. The van der Waals surface area contributed by atoms with Gasteiger partial charge >= 0.3 is 0 Å². The summed E-state index contributed by atoms with van der Waals surface area (Å²) in [4.78, 5) is 0. The fraction of sp³-hybridized carbons (Fsp3) is 0.800. The summed E-state index contributed by atoms with van der Waals surface area (Å²) in [5, 5.41) is 10.1. The molecule has 0 fully saturated rings. The first-order valence-electron chi connectivity index (χ1n) is 5.43. The Bertz CT molecular complexity index is 277. The maximum Gasteiger partial charge on any atom is 0.134 e. The highest BCUT2D eigenvalue weighted by molar-refractivity contribution is 7.11. The van der Waals surface area contributed by atoms with Crippen molar-refractivity contribution in [1.82, 2.24) is 10.2 Å². The molecule has 1 rings (SSSR count). The van der Waals surface area contributed by atoms with Gasteiger partial charge in [0.1, 0.15) is 10.0 Å². The van der Waals surface area contributed by atoms with Crippen LogP contribution in [0.3, 0.4) is 0 Å². The van der Waals surface area contributed by atoms with Gasteiger partial charge in [-0.1, -0.05) is 25.2 Å². The first-order chi connectivity index (χ1) is 7.27. The number of hydrogen-bond acceptors (Lipinski definition) is 5. The van der Waals surface area contributed by atoms with Crippen LogP contribution >= 0.6 is 11.3 Å². The number of nitrogens with zero attached hydrogens (tertiary/aromatic N) is 2. The lowest BCUT2D eigenvalue weighted by Gasteiger charge is -2.01. The number of aromatic nitrogens is 2. The van der Waals surface area contributed by atoms with E-state index in [1.165, 1.54) is 0 Å². The third kappa shape index (κ3) is 4.24. The average molecular weight is 229 g/mol. The minimum atomic E-state index is 0.0350. The third-order valence-electron chi connectivity index (χ3n) is 2.05. The zero-order valence-electron chi connectivity index (χ0n) is 9.40. The van der Waals surface area contributed by atoms with E-state index in [0.29, 0.717) is 0 Å². The summed E-state index contributed by atoms with van der Waals surface area (Å²) in [5.41, 5.74) is 5.86. The van der Waals surface area contributed by atoms with Crippen molar-refractivity contribution in [2.45, 2.75) is 39.2 Å². The largest absolute Gasteiger partial charge is 0.381 e. The van der Waals surface area contributed by atoms with Gasteiger partial charge in [0.25, 0.3) is 0 Å². The molecule has 0 bridgehead atoms. The molecule has 0 amide bonds. The summed E-state index contributed by atoms with van der Waals surface area (Å²) in [6, 6.07) is 0.0350. The van der Waals surface area contributed by atoms with E-state index >= 15 is 0 Å². The van der Waals surface area contributed by atoms with E-state index in [2.05, 4.69) is 24.0 Å². The first kappa shape index (κ1) is 12.5. The van der Waals surface area contributed by atoms with Crippen molar-refractivity contribution in [1.29, 1.82) is 0 Å². The zero-order chi connectivity index (χ0) is 11.1. The van der Waals surface area contributed by atoms with Crippen LogP contribution in [0.5, 0.6) is 0 Å². The predicted octanol–water partition coefficient (Wildman–Crippen LogP) is 1.92. The van der Waals surface area contributed by atoms with Crippen LogP contribution in [0.2, 0.25) is 0 Å². The molecule has 0 aliphatic carbocycles. The van der Waals surface area contributed by atoms with Gasteiger partial charge in [-0.05, 0) is 12.8 Å². The zero-order valence-corrected chi connectivity index (χ0v) is 10.2. The molecule has 2 N–H and O–H groups in total. The molecule has 0 aliphatic heterocycles. The lowest BCUT2D eigenvalue weighted by molar-refractivity contribution is 0.138. The summed E-state index contributed by atoms with van der Waals surface area (Å²) in [5.74, 6) is 0. The predicted molar refractivity (Wildman–Crippen MR) is 61.9 cm³/mol. The Morgan fingerprint density at radius 3 is 2.80 bits per heavy atom. The van der Waals surface area contributed by atoms with Gasteiger partial charge in [-0.25, -0.2) is 0 Å². The average Bonchev–Trinajstić information content (AvgIpc) is 2.72. The standard InChI is InChI=1S/C10H19N3OS/c1-3-6-14-7-5-9-12-13-10(15-9)8(11)4-2/h8H,3-7,11H2,1-2H3. The lowest BCUT2D eigenvalue weighted by Crippen LogP contribution is -2.07. The molecule has 0 aliphatic rings. The van der Waals surface area contributed by atoms with Crippen molar-refractivity contribution in [3.05, 3.63) is 10.0 Å². The molecular formula is C10H19N3OS. The Morgan fingerprint density at radius 1 is 1.33 bits per heavy atom. The van der Waals surface area contributed by atoms with Gasteiger partial charge in [-0.3, -0.25) is 0 Å². The number of hydrogen-bond donors (Lipinski definition) is 1. The number of nitrogens with two attached hydrogens (primary N) is 1. The molecule has 0 radical (unpaired) electrons. The molecule has 4 nitrogen and oxygen atoms in total. The van der Waals surface area contributed by atoms with Crippen molar-refractivity contribution in [3.8, 4) is 0 Å². The molecule has 0 spiro atoms. The fourth-order valence-electron chi connectivity index (χ4n) is 1.10. The number of ether oxygens (including phenoxy) is 1. The molecule has 0 saturated heterocycles. The van der Waals surface area contributed by atoms with Crippen molar-refractivity contribution >= 4 is 11.3 Å². The Hall–Kier alpha value is -0.520. The van der Waals surface area contributed by atoms with Crippen molar-refractivity contribution < 1.29 is 4.74 Å². The van der Waals surface area contributed by atoms with Crippen molar-refractivity contribution in [2.24, 2.45) is 5.73 Å². The van der Waals surface area contributed by atoms with Gasteiger partial charge in [0.05, 0.1) is 12.6 Å². The second-order valence-corrected chi connectivity index (χ2v) is 4.50. The smallest absolute Gasteiger partial charge is 0.134 e. The van der Waals surface area contributed by atoms with E-state index in [-0.39, 0.29) is 6.04 Å². The molecule has 0 aromatic carbocycles. The highest BCUT2D eigenvalue weighted by Crippen LogP contribution is 2.18. The normalized spacial score (nSPS) is 13.0. The molecule has 86 valence electrons. The van der Waals surface area contributed by atoms with E-state index in [4.69, 9.17) is 10.5 Å². The third-order valence-corrected chi connectivity index (χ3v) is 3.16. The second-order valence-electron chi connectivity index (χ2n) is 3.41. The summed E-state index contributed by atoms with van der Waals surface area (Å²) >= 11 is 1.60. The minimum Gasteiger partial charge on any atom is -0.381 e. The Balaban J connectivity index is 2.33. The van der Waals surface area contributed by atoms with Crippen LogP contribution in [0.4, 0.5) is 0 Å². The Labute approximate surface area is 94.9 Å². The van der Waals surface area contributed by atoms with Crippen LogP contribution in [0, 0.1) is 0 Å². The molecular weight excluding hydrogens is 210 g/mol. The monoisotopic (exact) mass is 229 g/mol. The molecule has 1 aromatic rings. The molecule has 15 heavy (non-hydrogen) atoms. The summed E-state index contributed by atoms with van der Waals surface area (Å²) in [7, 11) is 0. The topological polar surface area (TPSA) is 61.0 Å². The lowest BCUT2D eigenvalue weighted by atomic mass is 10.3. The van der Waals surface area contributed by atoms with Crippen LogP contribution in [0.15, 0.2) is 0 Å². The van der Waals surface area contributed by atoms with Crippen molar-refractivity contribution in [3.63, 3.8) is 0 Å². The van der Waals surface area contributed by atoms with Crippen molar-refractivity contribution in [2.75, 3.05) is 13.2 Å². The maximum absolute atomic E-state index is 5.86. The van der Waals surface area contributed by atoms with E-state index in [1.807, 2.05) is 0 Å². The maximum atomic E-state index is 5.86. The quantitative estimate of drug-likeness (QED) is 0.726. The molecule has 0 saturated carbocycles. The van der Waals surface area contributed by atoms with Gasteiger partial charge in [0, 0.05) is 13.0 Å². The highest BCUT2D eigenvalue weighted by Gasteiger charge is 2.09. The SMILES string of the molecule is CCCOCCc1nnc(C(N)CC)s1. The van der Waals surface area contributed by atoms with Crippen LogP contribution in [0.1, 0.15) is 42.7 Å². The van der Waals surface area contributed by atoms with Gasteiger partial charge in [0.15, 0.2) is 0 Å². The minimum absolute atomic E-state index is 0.0350. The van der Waals surface area contributed by atoms with Gasteiger partial charge < -0.3 is 10.5 Å². The van der Waals surface area contributed by atoms with E-state index in [1.54, 1.807) is 11.3 Å². The molecule has 1 heterocycles. The highest BCUT2D eigenvalue weighted by atomic mass is 32.1. The molecule has 1 aromatic heterocycles. The summed E-state index contributed by atoms with van der Waals surface area (Å²) in [6.07, 6.45) is 2.80. The van der Waals surface area contributed by atoms with Crippen LogP contribution in [0.25, 0.3) is 0 Å². The second kappa shape index (κ2) is 6.87. The first-order valence-corrected chi connectivity index (χ1v) is 6.25. The molecule has 5 heteroatoms. The van der Waals surface area contributed by atoms with Gasteiger partial charge in [0.2, 0.25) is 0 Å². The van der Waals surface area contributed by atoms with Crippen LogP contribution < -0.4 is 5.73 Å². The Kier molecular flexibility index (Phi) is 5.75. The molecule has 1 unspecified atom stereocenters. The van der Waals surface area contributed by atoms with E-state index in [9.17, 15) is 0 Å². The van der Waals surface area contributed by atoms with Crippen LogP contribution in [-0.2, 0) is 11.2 Å². The fourth-order valence-corrected chi connectivity index (χ4v) is 2.01. The number of rotatable bonds is 7. The Morgan fingerprint density at radius 2 is 2.13 bits per heavy atom.